The van der Waals surface area contributed by atoms with E-state index in [1.165, 1.54) is 5.56 Å². The number of carbonyl (C=O) groups excluding carboxylic acids is 3. The van der Waals surface area contributed by atoms with E-state index in [-0.39, 0.29) is 34.8 Å². The summed E-state index contributed by atoms with van der Waals surface area (Å²) in [5, 5.41) is 12.4. The number of aryl methyl sites for hydroxylation is 4. The van der Waals surface area contributed by atoms with Gasteiger partial charge in [0.2, 0.25) is 12.2 Å². The molecule has 0 bridgehead atoms. The topological polar surface area (TPSA) is 176 Å². The van der Waals surface area contributed by atoms with Crippen LogP contribution in [0.4, 0.5) is 0 Å². The van der Waals surface area contributed by atoms with Gasteiger partial charge in [-0.05, 0) is 170 Å². The number of hydrogen-bond acceptors (Lipinski definition) is 9. The van der Waals surface area contributed by atoms with Crippen molar-refractivity contribution >= 4 is 23.4 Å². The molecule has 0 aliphatic heterocycles. The van der Waals surface area contributed by atoms with Gasteiger partial charge in [-0.2, -0.15) is 0 Å². The van der Waals surface area contributed by atoms with Crippen molar-refractivity contribution in [2.24, 2.45) is 7.05 Å². The van der Waals surface area contributed by atoms with Crippen molar-refractivity contribution in [3.8, 4) is 34.5 Å². The number of aromatic nitrogens is 2. The summed E-state index contributed by atoms with van der Waals surface area (Å²) >= 11 is 0. The number of rotatable bonds is 24. The standard InChI is InChI=1S/C39H41N3O4.C32H30O5.H2O/c1-29-6-12-32(13-7-29)39(2,23-22-37(43)40-24-5-25-42-27-26-41(3)28-42)33-14-20-36(21-15-33)46-35-18-10-31(11-19-35)38(44)30-8-16-34(45-4)17-9-30;1-22-4-10-25(11-5-22)32(2,21-20-30(33)34)26-12-18-29(19-13-26)37-28-16-8-24(9-17-28)31(35)23-6-14-27(36-3)15-7-23;/h6-21,26-28H,5,22-25H2,1-4H3;4-19H,20-21H2,1-3H3,(H,33,34);1H2. The Morgan fingerprint density at radius 1 is 0.488 bits per heavy atom. The van der Waals surface area contributed by atoms with Gasteiger partial charge >= 0.3 is 5.97 Å². The number of benzene rings is 8. The second-order valence-electron chi connectivity index (χ2n) is 21.2. The van der Waals surface area contributed by atoms with Gasteiger partial charge in [0.15, 0.2) is 11.6 Å². The highest BCUT2D eigenvalue weighted by Gasteiger charge is 2.31. The summed E-state index contributed by atoms with van der Waals surface area (Å²) in [4.78, 5) is 49.9. The predicted octanol–water partition coefficient (Wildman–Crippen LogP) is 14.0. The van der Waals surface area contributed by atoms with E-state index in [9.17, 15) is 24.3 Å². The van der Waals surface area contributed by atoms with Gasteiger partial charge in [-0.15, -0.1) is 0 Å². The van der Waals surface area contributed by atoms with Crippen molar-refractivity contribution in [3.63, 3.8) is 0 Å². The zero-order chi connectivity index (χ0) is 58.9. The molecule has 2 unspecified atom stereocenters. The zero-order valence-corrected chi connectivity index (χ0v) is 48.7. The monoisotopic (exact) mass is 1130 g/mol. The number of hydrogen-bond donors (Lipinski definition) is 2. The maximum atomic E-state index is 12.9. The third-order valence-corrected chi connectivity index (χ3v) is 15.2. The number of nitrogens with zero attached hydrogens (tertiary/aromatic N) is 2. The summed E-state index contributed by atoms with van der Waals surface area (Å²) in [5.74, 6) is 3.13. The van der Waals surface area contributed by atoms with Crippen LogP contribution in [0.5, 0.6) is 34.5 Å². The first-order chi connectivity index (χ1) is 40.0. The molecule has 0 fully saturated rings. The summed E-state index contributed by atoms with van der Waals surface area (Å²) in [7, 11) is 5.19. The predicted molar refractivity (Wildman–Crippen MR) is 325 cm³/mol. The van der Waals surface area contributed by atoms with E-state index in [1.54, 1.807) is 111 Å². The van der Waals surface area contributed by atoms with Crippen molar-refractivity contribution in [3.05, 3.63) is 268 Å². The number of methoxy groups -OCH3 is 2. The van der Waals surface area contributed by atoms with Crippen LogP contribution in [0.2, 0.25) is 0 Å². The Bertz CT molecular complexity index is 3580. The second kappa shape index (κ2) is 28.9. The van der Waals surface area contributed by atoms with E-state index in [1.807, 2.05) is 73.7 Å². The molecular formula is C71H73N3O10. The van der Waals surface area contributed by atoms with Crippen LogP contribution in [0.1, 0.15) is 111 Å². The lowest BCUT2D eigenvalue weighted by Gasteiger charge is -2.31. The van der Waals surface area contributed by atoms with Gasteiger partial charge in [0.05, 0.1) is 27.8 Å². The Labute approximate surface area is 492 Å². The van der Waals surface area contributed by atoms with Gasteiger partial charge in [-0.25, -0.2) is 9.13 Å². The van der Waals surface area contributed by atoms with Crippen LogP contribution in [0.3, 0.4) is 0 Å². The Morgan fingerprint density at radius 3 is 1.13 bits per heavy atom. The zero-order valence-electron chi connectivity index (χ0n) is 48.7. The molecule has 8 aromatic carbocycles. The minimum Gasteiger partial charge on any atom is -0.870 e. The van der Waals surface area contributed by atoms with E-state index in [2.05, 4.69) is 91.3 Å². The molecule has 0 aliphatic rings. The molecule has 0 aliphatic carbocycles. The minimum absolute atomic E-state index is 0. The Morgan fingerprint density at radius 2 is 0.810 bits per heavy atom. The van der Waals surface area contributed by atoms with Crippen LogP contribution in [0, 0.1) is 13.8 Å². The average Bonchev–Trinajstić information content (AvgIpc) is 2.88. The fourth-order valence-corrected chi connectivity index (χ4v) is 9.91. The molecule has 432 valence electrons. The number of aliphatic carboxylic acids is 1. The highest BCUT2D eigenvalue weighted by atomic mass is 16.5. The smallest absolute Gasteiger partial charge is 0.303 e. The lowest BCUT2D eigenvalue weighted by molar-refractivity contribution is -0.671. The fraction of sp³-hybridized carbons (Fsp3) is 0.225. The van der Waals surface area contributed by atoms with Crippen LogP contribution in [0.25, 0.3) is 0 Å². The maximum absolute atomic E-state index is 12.9. The second-order valence-corrected chi connectivity index (χ2v) is 21.2. The van der Waals surface area contributed by atoms with Crippen molar-refractivity contribution in [1.29, 1.82) is 0 Å². The van der Waals surface area contributed by atoms with E-state index < -0.39 is 11.4 Å². The van der Waals surface area contributed by atoms with Crippen molar-refractivity contribution in [2.45, 2.75) is 77.2 Å². The number of imidazole rings is 1. The molecule has 9 aromatic rings. The molecule has 3 N–H and O–H groups in total. The molecule has 9 rings (SSSR count). The fourth-order valence-electron chi connectivity index (χ4n) is 9.91. The first-order valence-electron chi connectivity index (χ1n) is 27.8. The Balaban J connectivity index is 0.000000244. The normalized spacial score (nSPS) is 12.2. The summed E-state index contributed by atoms with van der Waals surface area (Å²) in [6, 6.07) is 60.9. The van der Waals surface area contributed by atoms with Crippen molar-refractivity contribution in [1.82, 2.24) is 9.88 Å². The molecule has 2 atom stereocenters. The van der Waals surface area contributed by atoms with Crippen LogP contribution in [-0.4, -0.2) is 59.4 Å². The maximum Gasteiger partial charge on any atom is 0.303 e. The summed E-state index contributed by atoms with van der Waals surface area (Å²) in [6.45, 7) is 9.90. The third kappa shape index (κ3) is 16.3. The molecule has 84 heavy (non-hydrogen) atoms. The molecule has 1 aromatic heterocycles. The molecule has 1 amide bonds. The molecule has 0 saturated heterocycles. The number of carbonyl (C=O) groups is 4. The SMILES string of the molecule is COc1ccc(C(=O)c2ccc(Oc3ccc(C(C)(CCC(=O)NCCCn4cc[n+](C)c4)c4ccc(C)cc4)cc3)cc2)cc1.COc1ccc(C(=O)c2ccc(Oc3ccc(C(C)(CCC(=O)O)c4ccc(C)cc4)cc3)cc2)cc1.[OH-]. The van der Waals surface area contributed by atoms with E-state index in [0.29, 0.717) is 82.6 Å². The number of carboxylic acids is 1. The third-order valence-electron chi connectivity index (χ3n) is 15.2. The van der Waals surface area contributed by atoms with Crippen LogP contribution < -0.4 is 28.8 Å². The van der Waals surface area contributed by atoms with Gasteiger partial charge in [0.25, 0.3) is 0 Å². The molecule has 13 heteroatoms. The van der Waals surface area contributed by atoms with Crippen LogP contribution >= 0.6 is 0 Å². The van der Waals surface area contributed by atoms with Gasteiger partial charge in [-0.1, -0.05) is 97.8 Å². The first-order valence-corrected chi connectivity index (χ1v) is 27.8. The minimum atomic E-state index is -0.813. The summed E-state index contributed by atoms with van der Waals surface area (Å²) < 4.78 is 26.6. The highest BCUT2D eigenvalue weighted by Crippen LogP contribution is 2.40. The Kier molecular flexibility index (Phi) is 21.3. The molecule has 0 spiro atoms. The lowest BCUT2D eigenvalue weighted by Crippen LogP contribution is -2.30. The lowest BCUT2D eigenvalue weighted by atomic mass is 9.73. The molecular weight excluding hydrogens is 1050 g/mol. The molecule has 1 heterocycles. The number of ether oxygens (including phenoxy) is 4. The number of amides is 1. The van der Waals surface area contributed by atoms with Crippen LogP contribution in [0.15, 0.2) is 213 Å². The largest absolute Gasteiger partial charge is 0.870 e. The number of ketones is 2. The molecule has 0 saturated carbocycles. The van der Waals surface area contributed by atoms with E-state index in [4.69, 9.17) is 18.9 Å². The quantitative estimate of drug-likeness (QED) is 0.0336. The van der Waals surface area contributed by atoms with Gasteiger partial charge in [-0.3, -0.25) is 19.2 Å². The molecule has 13 nitrogen and oxygen atoms in total. The molecule has 0 radical (unpaired) electrons. The Hall–Kier alpha value is -9.59. The van der Waals surface area contributed by atoms with Gasteiger partial charge in [0.1, 0.15) is 46.9 Å². The highest BCUT2D eigenvalue weighted by molar-refractivity contribution is 6.09. The van der Waals surface area contributed by atoms with Crippen molar-refractivity contribution < 1.29 is 53.3 Å². The van der Waals surface area contributed by atoms with E-state index in [0.717, 1.165) is 40.8 Å². The van der Waals surface area contributed by atoms with Crippen molar-refractivity contribution in [2.75, 3.05) is 20.8 Å². The first kappa shape index (κ1) is 62.0. The average molecular weight is 1130 g/mol. The summed E-state index contributed by atoms with van der Waals surface area (Å²) in [6.07, 6.45) is 8.60. The van der Waals surface area contributed by atoms with E-state index >= 15 is 0 Å². The number of carboxylic acid groups (broad SMARTS) is 1. The summed E-state index contributed by atoms with van der Waals surface area (Å²) in [5.41, 5.74) is 8.24. The van der Waals surface area contributed by atoms with Crippen LogP contribution in [-0.2, 0) is 34.0 Å². The van der Waals surface area contributed by atoms with Gasteiger partial charge < -0.3 is 34.8 Å². The van der Waals surface area contributed by atoms with Gasteiger partial charge in [0, 0.05) is 58.9 Å². The number of nitrogens with one attached hydrogen (secondary N) is 1.